The van der Waals surface area contributed by atoms with Crippen molar-refractivity contribution in [3.63, 3.8) is 0 Å². The van der Waals surface area contributed by atoms with Gasteiger partial charge < -0.3 is 10.1 Å². The lowest BCUT2D eigenvalue weighted by molar-refractivity contribution is 0.237. The number of nitrogens with one attached hydrogen (secondary N) is 1. The highest BCUT2D eigenvalue weighted by Gasteiger charge is 2.24. The van der Waals surface area contributed by atoms with Crippen LogP contribution in [0.1, 0.15) is 29.3 Å². The largest absolute Gasteiger partial charge is 0.497 e. The molecule has 0 bridgehead atoms. The molecule has 23 heavy (non-hydrogen) atoms. The fraction of sp³-hybridized carbons (Fsp3) is 0.421. The van der Waals surface area contributed by atoms with Crippen LogP contribution in [0.4, 0.5) is 0 Å². The summed E-state index contributed by atoms with van der Waals surface area (Å²) in [6.45, 7) is 6.28. The van der Waals surface area contributed by atoms with E-state index in [0.717, 1.165) is 44.0 Å². The summed E-state index contributed by atoms with van der Waals surface area (Å²) in [4.78, 5) is 7.23. The molecular formula is C19H25N3O. The van der Waals surface area contributed by atoms with Crippen LogP contribution >= 0.6 is 0 Å². The lowest BCUT2D eigenvalue weighted by atomic mass is 10.00. The average Bonchev–Trinajstić information content (AvgIpc) is 2.86. The summed E-state index contributed by atoms with van der Waals surface area (Å²) in [6, 6.07) is 12.8. The van der Waals surface area contributed by atoms with Gasteiger partial charge in [-0.05, 0) is 49.2 Å². The third-order valence-electron chi connectivity index (χ3n) is 4.36. The maximum atomic E-state index is 5.42. The molecule has 1 atom stereocenters. The van der Waals surface area contributed by atoms with E-state index in [2.05, 4.69) is 47.5 Å². The Bertz CT molecular complexity index is 619. The Morgan fingerprint density at radius 3 is 2.87 bits per heavy atom. The molecule has 3 rings (SSSR count). The van der Waals surface area contributed by atoms with Gasteiger partial charge in [-0.15, -0.1) is 0 Å². The quantitative estimate of drug-likeness (QED) is 0.942. The zero-order valence-electron chi connectivity index (χ0n) is 14.0. The fourth-order valence-electron chi connectivity index (χ4n) is 3.15. The highest BCUT2D eigenvalue weighted by molar-refractivity contribution is 5.35. The van der Waals surface area contributed by atoms with Crippen LogP contribution in [0.3, 0.4) is 0 Å². The van der Waals surface area contributed by atoms with Gasteiger partial charge in [0.15, 0.2) is 0 Å². The monoisotopic (exact) mass is 311 g/mol. The van der Waals surface area contributed by atoms with Gasteiger partial charge >= 0.3 is 0 Å². The van der Waals surface area contributed by atoms with E-state index in [0.29, 0.717) is 0 Å². The molecule has 0 saturated carbocycles. The van der Waals surface area contributed by atoms with Crippen LogP contribution in [0, 0.1) is 6.92 Å². The van der Waals surface area contributed by atoms with Crippen LogP contribution in [0.5, 0.6) is 5.75 Å². The maximum absolute atomic E-state index is 5.42. The van der Waals surface area contributed by atoms with Crippen LogP contribution in [-0.4, -0.2) is 43.2 Å². The average molecular weight is 311 g/mol. The second-order valence-corrected chi connectivity index (χ2v) is 6.08. The summed E-state index contributed by atoms with van der Waals surface area (Å²) in [7, 11) is 1.72. The van der Waals surface area contributed by atoms with Crippen LogP contribution in [0.15, 0.2) is 42.6 Å². The SMILES string of the molecule is COc1cccc(C(c2ccc(C)cn2)N2CCCNCC2)c1. The van der Waals surface area contributed by atoms with Gasteiger partial charge in [-0.2, -0.15) is 0 Å². The van der Waals surface area contributed by atoms with Gasteiger partial charge in [-0.1, -0.05) is 18.2 Å². The Morgan fingerprint density at radius 1 is 1.17 bits per heavy atom. The molecule has 2 heterocycles. The molecule has 1 N–H and O–H groups in total. The molecule has 1 saturated heterocycles. The van der Waals surface area contributed by atoms with E-state index in [9.17, 15) is 0 Å². The molecule has 0 aliphatic carbocycles. The molecule has 4 nitrogen and oxygen atoms in total. The molecule has 0 radical (unpaired) electrons. The number of nitrogens with zero attached hydrogens (tertiary/aromatic N) is 2. The molecule has 0 amide bonds. The van der Waals surface area contributed by atoms with E-state index in [-0.39, 0.29) is 6.04 Å². The zero-order chi connectivity index (χ0) is 16.1. The number of ether oxygens (including phenoxy) is 1. The fourth-order valence-corrected chi connectivity index (χ4v) is 3.15. The minimum Gasteiger partial charge on any atom is -0.497 e. The Kier molecular flexibility index (Phi) is 5.26. The van der Waals surface area contributed by atoms with E-state index in [1.807, 2.05) is 12.3 Å². The van der Waals surface area contributed by atoms with Crippen molar-refractivity contribution in [2.24, 2.45) is 0 Å². The van der Waals surface area contributed by atoms with Gasteiger partial charge in [-0.3, -0.25) is 9.88 Å². The number of pyridine rings is 1. The predicted molar refractivity (Wildman–Crippen MR) is 92.9 cm³/mol. The Hall–Kier alpha value is -1.91. The number of hydrogen-bond acceptors (Lipinski definition) is 4. The lowest BCUT2D eigenvalue weighted by Gasteiger charge is -2.30. The lowest BCUT2D eigenvalue weighted by Crippen LogP contribution is -2.33. The number of hydrogen-bond donors (Lipinski definition) is 1. The molecule has 1 aliphatic heterocycles. The van der Waals surface area contributed by atoms with Crippen molar-refractivity contribution in [1.29, 1.82) is 0 Å². The van der Waals surface area contributed by atoms with Crippen molar-refractivity contribution in [2.45, 2.75) is 19.4 Å². The van der Waals surface area contributed by atoms with Crippen molar-refractivity contribution >= 4 is 0 Å². The predicted octanol–water partition coefficient (Wildman–Crippen LogP) is 2.78. The van der Waals surface area contributed by atoms with Gasteiger partial charge in [0.1, 0.15) is 5.75 Å². The Morgan fingerprint density at radius 2 is 2.09 bits per heavy atom. The summed E-state index contributed by atoms with van der Waals surface area (Å²) in [5.41, 5.74) is 3.53. The van der Waals surface area contributed by atoms with E-state index < -0.39 is 0 Å². The maximum Gasteiger partial charge on any atom is 0.119 e. The van der Waals surface area contributed by atoms with E-state index in [1.165, 1.54) is 11.1 Å². The first kappa shape index (κ1) is 16.0. The second-order valence-electron chi connectivity index (χ2n) is 6.08. The first-order valence-electron chi connectivity index (χ1n) is 8.29. The Balaban J connectivity index is 1.99. The van der Waals surface area contributed by atoms with E-state index >= 15 is 0 Å². The van der Waals surface area contributed by atoms with Crippen molar-refractivity contribution in [3.05, 3.63) is 59.4 Å². The molecule has 1 aromatic heterocycles. The number of methoxy groups -OCH3 is 1. The van der Waals surface area contributed by atoms with Gasteiger partial charge in [0.05, 0.1) is 18.8 Å². The smallest absolute Gasteiger partial charge is 0.119 e. The second kappa shape index (κ2) is 7.57. The topological polar surface area (TPSA) is 37.4 Å². The van der Waals surface area contributed by atoms with Crippen LogP contribution in [0.2, 0.25) is 0 Å². The standard InChI is InChI=1S/C19H25N3O/c1-15-7-8-18(21-14-15)19(22-11-4-9-20-10-12-22)16-5-3-6-17(13-16)23-2/h3,5-8,13-14,19-20H,4,9-12H2,1-2H3. The van der Waals surface area contributed by atoms with Crippen LogP contribution in [-0.2, 0) is 0 Å². The number of benzene rings is 1. The van der Waals surface area contributed by atoms with Crippen molar-refractivity contribution in [3.8, 4) is 5.75 Å². The summed E-state index contributed by atoms with van der Waals surface area (Å²) >= 11 is 0. The van der Waals surface area contributed by atoms with Gasteiger partial charge in [0.25, 0.3) is 0 Å². The number of rotatable bonds is 4. The highest BCUT2D eigenvalue weighted by Crippen LogP contribution is 2.30. The number of aromatic nitrogens is 1. The Labute approximate surface area is 138 Å². The third-order valence-corrected chi connectivity index (χ3v) is 4.36. The minimum atomic E-state index is 0.172. The van der Waals surface area contributed by atoms with E-state index in [1.54, 1.807) is 7.11 Å². The first-order valence-corrected chi connectivity index (χ1v) is 8.29. The molecule has 1 aromatic carbocycles. The summed E-state index contributed by atoms with van der Waals surface area (Å²) < 4.78 is 5.42. The van der Waals surface area contributed by atoms with Crippen LogP contribution in [0.25, 0.3) is 0 Å². The molecule has 1 fully saturated rings. The first-order chi connectivity index (χ1) is 11.3. The molecular weight excluding hydrogens is 286 g/mol. The molecule has 1 aliphatic rings. The van der Waals surface area contributed by atoms with Crippen molar-refractivity contribution in [2.75, 3.05) is 33.3 Å². The van der Waals surface area contributed by atoms with Gasteiger partial charge in [0.2, 0.25) is 0 Å². The molecule has 2 aromatic rings. The van der Waals surface area contributed by atoms with Gasteiger partial charge in [0, 0.05) is 25.8 Å². The number of aryl methyl sites for hydroxylation is 1. The van der Waals surface area contributed by atoms with Crippen molar-refractivity contribution < 1.29 is 4.74 Å². The summed E-state index contributed by atoms with van der Waals surface area (Å²) in [5.74, 6) is 0.896. The summed E-state index contributed by atoms with van der Waals surface area (Å²) in [6.07, 6.45) is 3.12. The zero-order valence-corrected chi connectivity index (χ0v) is 14.0. The molecule has 1 unspecified atom stereocenters. The molecule has 0 spiro atoms. The summed E-state index contributed by atoms with van der Waals surface area (Å²) in [5, 5.41) is 3.48. The molecule has 122 valence electrons. The van der Waals surface area contributed by atoms with Gasteiger partial charge in [-0.25, -0.2) is 0 Å². The van der Waals surface area contributed by atoms with E-state index in [4.69, 9.17) is 9.72 Å². The minimum absolute atomic E-state index is 0.172. The molecule has 4 heteroatoms. The highest BCUT2D eigenvalue weighted by atomic mass is 16.5. The third kappa shape index (κ3) is 3.89. The normalized spacial score (nSPS) is 17.5. The van der Waals surface area contributed by atoms with Crippen molar-refractivity contribution in [1.82, 2.24) is 15.2 Å². The van der Waals surface area contributed by atoms with Crippen LogP contribution < -0.4 is 10.1 Å².